The van der Waals surface area contributed by atoms with E-state index in [1.165, 1.54) is 10.4 Å². The average molecular weight is 493 g/mol. The smallest absolute Gasteiger partial charge is 0.328 e. The van der Waals surface area contributed by atoms with Gasteiger partial charge in [0.2, 0.25) is 0 Å². The molecule has 2 aromatic rings. The van der Waals surface area contributed by atoms with Crippen LogP contribution < -0.4 is 10.4 Å². The van der Waals surface area contributed by atoms with Crippen LogP contribution >= 0.6 is 0 Å². The number of aliphatic carboxylic acids is 2. The molecule has 0 aliphatic heterocycles. The van der Waals surface area contributed by atoms with E-state index in [9.17, 15) is 9.59 Å². The largest absolute Gasteiger partial charge is 0.481 e. The lowest BCUT2D eigenvalue weighted by atomic mass is 10.0. The van der Waals surface area contributed by atoms with E-state index in [0.29, 0.717) is 6.61 Å². The fraction of sp³-hybridized carbons (Fsp3) is 0.310. The van der Waals surface area contributed by atoms with Gasteiger partial charge in [0.1, 0.15) is 0 Å². The van der Waals surface area contributed by atoms with Gasteiger partial charge in [-0.3, -0.25) is 4.79 Å². The minimum absolute atomic E-state index is 0.0867. The molecule has 0 fully saturated rings. The summed E-state index contributed by atoms with van der Waals surface area (Å²) >= 11 is 0. The van der Waals surface area contributed by atoms with Crippen LogP contribution in [-0.2, 0) is 14.0 Å². The molecule has 0 unspecified atom stereocenters. The summed E-state index contributed by atoms with van der Waals surface area (Å²) in [6.07, 6.45) is 8.86. The molecule has 5 nitrogen and oxygen atoms in total. The van der Waals surface area contributed by atoms with Crippen LogP contribution in [0, 0.1) is 5.92 Å². The Labute approximate surface area is 209 Å². The highest BCUT2D eigenvalue weighted by atomic mass is 28.4. The van der Waals surface area contributed by atoms with Crippen molar-refractivity contribution in [1.29, 1.82) is 0 Å². The second-order valence-electron chi connectivity index (χ2n) is 9.65. The van der Waals surface area contributed by atoms with E-state index in [0.717, 1.165) is 12.5 Å². The fourth-order valence-electron chi connectivity index (χ4n) is 4.17. The standard InChI is InChI=1S/C29H36O5Si/c1-23(18-19-24(21-27(30)31)22-28(32)33)13-11-12-20-34-35(29(2,3)4,25-14-7-5-8-15-25)26-16-9-6-10-17-26/h5-12,14-19,21,23H,13,20,22H2,1-4H3,(H,30,31)(H,32,33)/b12-11+,19-18+,24-21+/t23-/m0/s1. The Morgan fingerprint density at radius 1 is 0.943 bits per heavy atom. The summed E-state index contributed by atoms with van der Waals surface area (Å²) in [5, 5.41) is 20.3. The summed E-state index contributed by atoms with van der Waals surface area (Å²) in [7, 11) is -2.57. The van der Waals surface area contributed by atoms with Gasteiger partial charge in [0, 0.05) is 6.08 Å². The Hall–Kier alpha value is -3.22. The van der Waals surface area contributed by atoms with Crippen LogP contribution in [0.25, 0.3) is 0 Å². The zero-order valence-electron chi connectivity index (χ0n) is 21.0. The fourth-order valence-corrected chi connectivity index (χ4v) is 8.67. The first-order valence-electron chi connectivity index (χ1n) is 11.8. The predicted octanol–water partition coefficient (Wildman–Crippen LogP) is 5.19. The molecule has 0 heterocycles. The van der Waals surface area contributed by atoms with E-state index in [1.54, 1.807) is 6.08 Å². The van der Waals surface area contributed by atoms with Gasteiger partial charge in [-0.1, -0.05) is 113 Å². The highest BCUT2D eigenvalue weighted by Crippen LogP contribution is 2.36. The highest BCUT2D eigenvalue weighted by Gasteiger charge is 2.49. The van der Waals surface area contributed by atoms with Gasteiger partial charge in [0.05, 0.1) is 13.0 Å². The number of carbonyl (C=O) groups is 2. The van der Waals surface area contributed by atoms with Gasteiger partial charge >= 0.3 is 11.9 Å². The molecule has 0 spiro atoms. The minimum atomic E-state index is -2.57. The molecule has 6 heteroatoms. The molecule has 0 radical (unpaired) electrons. The SMILES string of the molecule is C[C@H](/C=C/C(=C\C(=O)O)CC(=O)O)C/C=C/CO[Si](c1ccccc1)(c1ccccc1)C(C)(C)C. The number of hydrogen-bond acceptors (Lipinski definition) is 3. The molecule has 35 heavy (non-hydrogen) atoms. The van der Waals surface area contributed by atoms with Gasteiger partial charge in [-0.05, 0) is 33.3 Å². The van der Waals surface area contributed by atoms with Crippen molar-refractivity contribution in [3.8, 4) is 0 Å². The molecular weight excluding hydrogens is 456 g/mol. The Morgan fingerprint density at radius 3 is 1.94 bits per heavy atom. The van der Waals surface area contributed by atoms with Crippen molar-refractivity contribution in [3.63, 3.8) is 0 Å². The van der Waals surface area contributed by atoms with Crippen LogP contribution in [0.4, 0.5) is 0 Å². The van der Waals surface area contributed by atoms with Gasteiger partial charge < -0.3 is 14.6 Å². The summed E-state index contributed by atoms with van der Waals surface area (Å²) in [4.78, 5) is 21.9. The quantitative estimate of drug-likeness (QED) is 0.184. The number of benzene rings is 2. The average Bonchev–Trinajstić information content (AvgIpc) is 2.79. The van der Waals surface area contributed by atoms with Gasteiger partial charge in [-0.25, -0.2) is 4.79 Å². The van der Waals surface area contributed by atoms with E-state index in [4.69, 9.17) is 14.6 Å². The molecule has 186 valence electrons. The van der Waals surface area contributed by atoms with E-state index >= 15 is 0 Å². The van der Waals surface area contributed by atoms with Gasteiger partial charge in [-0.15, -0.1) is 0 Å². The Kier molecular flexibility index (Phi) is 10.4. The zero-order chi connectivity index (χ0) is 25.9. The Balaban J connectivity index is 2.15. The third-order valence-corrected chi connectivity index (χ3v) is 10.8. The third kappa shape index (κ3) is 8.19. The molecule has 0 bridgehead atoms. The second-order valence-corrected chi connectivity index (χ2v) is 14.0. The van der Waals surface area contributed by atoms with Crippen LogP contribution in [0.1, 0.15) is 40.5 Å². The monoisotopic (exact) mass is 492 g/mol. The van der Waals surface area contributed by atoms with E-state index in [1.807, 2.05) is 31.2 Å². The first-order valence-corrected chi connectivity index (χ1v) is 13.7. The molecule has 0 saturated heterocycles. The van der Waals surface area contributed by atoms with Crippen molar-refractivity contribution in [2.75, 3.05) is 6.61 Å². The maximum atomic E-state index is 10.9. The normalized spacial score (nSPS) is 13.9. The second kappa shape index (κ2) is 13.0. The number of allylic oxidation sites excluding steroid dienone is 3. The van der Waals surface area contributed by atoms with Crippen molar-refractivity contribution in [3.05, 3.63) is 96.6 Å². The predicted molar refractivity (Wildman–Crippen MR) is 144 cm³/mol. The number of carboxylic acid groups (broad SMARTS) is 2. The molecule has 0 amide bonds. The summed E-state index contributed by atoms with van der Waals surface area (Å²) in [6.45, 7) is 9.22. The lowest BCUT2D eigenvalue weighted by Gasteiger charge is -2.42. The first kappa shape index (κ1) is 28.0. The summed E-state index contributed by atoms with van der Waals surface area (Å²) < 4.78 is 6.83. The number of hydrogen-bond donors (Lipinski definition) is 2. The molecule has 0 aliphatic rings. The molecule has 2 N–H and O–H groups in total. The van der Waals surface area contributed by atoms with Crippen molar-refractivity contribution < 1.29 is 24.2 Å². The molecule has 2 rings (SSSR count). The zero-order valence-corrected chi connectivity index (χ0v) is 22.0. The molecule has 0 aliphatic carbocycles. The van der Waals surface area contributed by atoms with Gasteiger partial charge in [0.15, 0.2) is 0 Å². The molecule has 0 aromatic heterocycles. The van der Waals surface area contributed by atoms with Gasteiger partial charge in [-0.2, -0.15) is 0 Å². The van der Waals surface area contributed by atoms with Crippen molar-refractivity contribution in [1.82, 2.24) is 0 Å². The lowest BCUT2D eigenvalue weighted by molar-refractivity contribution is -0.136. The van der Waals surface area contributed by atoms with E-state index < -0.39 is 20.3 Å². The molecule has 0 saturated carbocycles. The first-order chi connectivity index (χ1) is 16.6. The van der Waals surface area contributed by atoms with Crippen molar-refractivity contribution >= 4 is 30.6 Å². The summed E-state index contributed by atoms with van der Waals surface area (Å²) in [6, 6.07) is 21.0. The van der Waals surface area contributed by atoms with E-state index in [-0.39, 0.29) is 23.0 Å². The van der Waals surface area contributed by atoms with Crippen LogP contribution in [0.5, 0.6) is 0 Å². The highest BCUT2D eigenvalue weighted by molar-refractivity contribution is 6.99. The number of rotatable bonds is 12. The van der Waals surface area contributed by atoms with Crippen LogP contribution in [0.2, 0.25) is 5.04 Å². The summed E-state index contributed by atoms with van der Waals surface area (Å²) in [5.74, 6) is -2.10. The maximum Gasteiger partial charge on any atom is 0.328 e. The van der Waals surface area contributed by atoms with Crippen molar-refractivity contribution in [2.45, 2.75) is 45.6 Å². The maximum absolute atomic E-state index is 10.9. The third-order valence-electron chi connectivity index (χ3n) is 5.79. The van der Waals surface area contributed by atoms with E-state index in [2.05, 4.69) is 75.4 Å². The molecule has 1 atom stereocenters. The lowest BCUT2D eigenvalue weighted by Crippen LogP contribution is -2.66. The topological polar surface area (TPSA) is 83.8 Å². The van der Waals surface area contributed by atoms with Crippen LogP contribution in [-0.4, -0.2) is 37.1 Å². The van der Waals surface area contributed by atoms with Crippen molar-refractivity contribution in [2.24, 2.45) is 5.92 Å². The number of carboxylic acids is 2. The molecular formula is C29H36O5Si. The van der Waals surface area contributed by atoms with Gasteiger partial charge in [0.25, 0.3) is 8.32 Å². The Bertz CT molecular complexity index is 1010. The minimum Gasteiger partial charge on any atom is -0.481 e. The molecule has 2 aromatic carbocycles. The van der Waals surface area contributed by atoms with Crippen LogP contribution in [0.3, 0.4) is 0 Å². The Morgan fingerprint density at radius 2 is 1.49 bits per heavy atom. The van der Waals surface area contributed by atoms with Crippen LogP contribution in [0.15, 0.2) is 96.6 Å². The summed E-state index contributed by atoms with van der Waals surface area (Å²) in [5.41, 5.74) is 0.260.